The first kappa shape index (κ1) is 17.4. The van der Waals surface area contributed by atoms with Crippen molar-refractivity contribution in [1.82, 2.24) is 4.90 Å². The Morgan fingerprint density at radius 1 is 1.30 bits per heavy atom. The molecule has 0 spiro atoms. The maximum Gasteiger partial charge on any atom is 0.321 e. The van der Waals surface area contributed by atoms with Crippen LogP contribution < -0.4 is 14.8 Å². The maximum atomic E-state index is 12.3. The number of carbonyl (C=O) groups excluding carboxylic acids is 1. The van der Waals surface area contributed by atoms with E-state index in [-0.39, 0.29) is 12.6 Å². The third kappa shape index (κ3) is 4.07. The number of nitrogens with zero attached hydrogens (tertiary/aromatic N) is 1. The lowest BCUT2D eigenvalue weighted by atomic mass is 9.99. The highest BCUT2D eigenvalue weighted by molar-refractivity contribution is 9.10. The van der Waals surface area contributed by atoms with Crippen molar-refractivity contribution in [2.24, 2.45) is 5.92 Å². The molecule has 2 N–H and O–H groups in total. The molecule has 2 amide bonds. The lowest BCUT2D eigenvalue weighted by molar-refractivity contribution is -0.143. The highest BCUT2D eigenvalue weighted by atomic mass is 79.9. The first-order valence-electron chi connectivity index (χ1n) is 7.16. The van der Waals surface area contributed by atoms with Gasteiger partial charge in [-0.3, -0.25) is 4.79 Å². The van der Waals surface area contributed by atoms with E-state index >= 15 is 0 Å². The Morgan fingerprint density at radius 2 is 1.91 bits per heavy atom. The van der Waals surface area contributed by atoms with Gasteiger partial charge >= 0.3 is 12.0 Å². The van der Waals surface area contributed by atoms with Gasteiger partial charge in [0.05, 0.1) is 20.1 Å². The Hall–Kier alpha value is -1.96. The molecule has 1 heterocycles. The zero-order chi connectivity index (χ0) is 17.0. The topological polar surface area (TPSA) is 88.1 Å². The van der Waals surface area contributed by atoms with E-state index in [1.165, 1.54) is 19.1 Å². The molecule has 1 aromatic rings. The Morgan fingerprint density at radius 3 is 2.43 bits per heavy atom. The van der Waals surface area contributed by atoms with E-state index in [4.69, 9.17) is 14.6 Å². The second-order valence-electron chi connectivity index (χ2n) is 5.25. The fourth-order valence-corrected chi connectivity index (χ4v) is 3.06. The van der Waals surface area contributed by atoms with Crippen LogP contribution in [-0.2, 0) is 4.79 Å². The smallest absolute Gasteiger partial charge is 0.321 e. The van der Waals surface area contributed by atoms with Crippen LogP contribution in [0.4, 0.5) is 10.5 Å². The molecule has 23 heavy (non-hydrogen) atoms. The van der Waals surface area contributed by atoms with E-state index in [1.54, 1.807) is 12.1 Å². The van der Waals surface area contributed by atoms with Crippen LogP contribution in [0.1, 0.15) is 12.8 Å². The molecule has 0 aliphatic carbocycles. The molecule has 1 aliphatic rings. The molecule has 0 saturated carbocycles. The molecule has 1 fully saturated rings. The van der Waals surface area contributed by atoms with Crippen LogP contribution in [0.25, 0.3) is 0 Å². The summed E-state index contributed by atoms with van der Waals surface area (Å²) in [6, 6.07) is 3.01. The van der Waals surface area contributed by atoms with Crippen molar-refractivity contribution in [3.8, 4) is 11.5 Å². The lowest BCUT2D eigenvalue weighted by Gasteiger charge is -2.30. The summed E-state index contributed by atoms with van der Waals surface area (Å²) in [5.41, 5.74) is 0.518. The van der Waals surface area contributed by atoms with Gasteiger partial charge in [-0.2, -0.15) is 0 Å². The number of carboxylic acid groups (broad SMARTS) is 1. The van der Waals surface area contributed by atoms with Crippen LogP contribution in [0.5, 0.6) is 11.5 Å². The summed E-state index contributed by atoms with van der Waals surface area (Å²) in [6.07, 6.45) is 1.27. The van der Waals surface area contributed by atoms with Gasteiger partial charge in [-0.25, -0.2) is 4.79 Å². The molecule has 1 atom stereocenters. The molecule has 0 radical (unpaired) electrons. The van der Waals surface area contributed by atoms with E-state index in [0.717, 1.165) is 0 Å². The number of piperidine rings is 1. The number of amides is 2. The Balaban J connectivity index is 2.12. The van der Waals surface area contributed by atoms with Gasteiger partial charge in [0.15, 0.2) is 0 Å². The predicted molar refractivity (Wildman–Crippen MR) is 88.2 cm³/mol. The monoisotopic (exact) mass is 386 g/mol. The Labute approximate surface area is 142 Å². The summed E-state index contributed by atoms with van der Waals surface area (Å²) in [5.74, 6) is -0.318. The number of urea groups is 1. The normalized spacial score (nSPS) is 17.5. The number of aliphatic carboxylic acids is 1. The second kappa shape index (κ2) is 7.54. The maximum absolute atomic E-state index is 12.3. The largest absolute Gasteiger partial charge is 0.495 e. The molecule has 1 unspecified atom stereocenters. The number of likely N-dealkylation sites (tertiary alicyclic amines) is 1. The molecule has 7 nitrogen and oxygen atoms in total. The summed E-state index contributed by atoms with van der Waals surface area (Å²) in [7, 11) is 3.04. The van der Waals surface area contributed by atoms with Gasteiger partial charge < -0.3 is 24.8 Å². The van der Waals surface area contributed by atoms with Gasteiger partial charge in [-0.05, 0) is 28.8 Å². The number of rotatable bonds is 4. The summed E-state index contributed by atoms with van der Waals surface area (Å²) in [4.78, 5) is 25.0. The molecule has 1 aliphatic heterocycles. The second-order valence-corrected chi connectivity index (χ2v) is 6.04. The number of methoxy groups -OCH3 is 2. The van der Waals surface area contributed by atoms with Crippen LogP contribution >= 0.6 is 15.9 Å². The first-order chi connectivity index (χ1) is 11.0. The summed E-state index contributed by atoms with van der Waals surface area (Å²) < 4.78 is 11.1. The molecular formula is C15H19BrN2O5. The van der Waals surface area contributed by atoms with Gasteiger partial charge in [0.2, 0.25) is 0 Å². The third-order valence-corrected chi connectivity index (χ3v) is 4.54. The van der Waals surface area contributed by atoms with E-state index in [0.29, 0.717) is 41.0 Å². The number of halogens is 1. The number of hydrogen-bond donors (Lipinski definition) is 2. The number of ether oxygens (including phenoxy) is 2. The predicted octanol–water partition coefficient (Wildman–Crippen LogP) is 2.79. The average Bonchev–Trinajstić information content (AvgIpc) is 2.56. The third-order valence-electron chi connectivity index (χ3n) is 3.75. The van der Waals surface area contributed by atoms with Crippen molar-refractivity contribution in [3.05, 3.63) is 16.6 Å². The minimum atomic E-state index is -0.866. The molecule has 0 aromatic heterocycles. The van der Waals surface area contributed by atoms with Crippen LogP contribution in [0.15, 0.2) is 16.6 Å². The zero-order valence-corrected chi connectivity index (χ0v) is 14.6. The Bertz CT molecular complexity index is 583. The van der Waals surface area contributed by atoms with Crippen LogP contribution in [0, 0.1) is 5.92 Å². The van der Waals surface area contributed by atoms with E-state index in [1.807, 2.05) is 0 Å². The number of nitrogens with one attached hydrogen (secondary N) is 1. The fourth-order valence-electron chi connectivity index (χ4n) is 2.51. The number of hydrogen-bond acceptors (Lipinski definition) is 4. The lowest BCUT2D eigenvalue weighted by Crippen LogP contribution is -2.44. The van der Waals surface area contributed by atoms with Crippen LogP contribution in [-0.4, -0.2) is 49.3 Å². The summed E-state index contributed by atoms with van der Waals surface area (Å²) in [5, 5.41) is 11.9. The summed E-state index contributed by atoms with van der Waals surface area (Å²) in [6.45, 7) is 0.756. The van der Waals surface area contributed by atoms with E-state index < -0.39 is 11.9 Å². The molecule has 8 heteroatoms. The molecule has 0 bridgehead atoms. The van der Waals surface area contributed by atoms with Crippen molar-refractivity contribution in [3.63, 3.8) is 0 Å². The van der Waals surface area contributed by atoms with Crippen molar-refractivity contribution < 1.29 is 24.2 Å². The quantitative estimate of drug-likeness (QED) is 0.830. The van der Waals surface area contributed by atoms with Gasteiger partial charge in [0, 0.05) is 30.9 Å². The standard InChI is InChI=1S/C15H19BrN2O5/c1-22-11-6-10(7-12(23-2)13(11)16)17-15(21)18-5-3-4-9(8-18)14(19)20/h6-7,9H,3-5,8H2,1-2H3,(H,17,21)(H,19,20). The Kier molecular flexibility index (Phi) is 5.70. The van der Waals surface area contributed by atoms with Crippen molar-refractivity contribution >= 4 is 33.6 Å². The minimum Gasteiger partial charge on any atom is -0.495 e. The molecule has 1 aromatic carbocycles. The van der Waals surface area contributed by atoms with Crippen molar-refractivity contribution in [1.29, 1.82) is 0 Å². The SMILES string of the molecule is COc1cc(NC(=O)N2CCCC(C(=O)O)C2)cc(OC)c1Br. The zero-order valence-electron chi connectivity index (χ0n) is 13.0. The highest BCUT2D eigenvalue weighted by Gasteiger charge is 2.28. The molecule has 2 rings (SSSR count). The van der Waals surface area contributed by atoms with Gasteiger partial charge in [-0.15, -0.1) is 0 Å². The number of carbonyl (C=O) groups is 2. The van der Waals surface area contributed by atoms with Crippen molar-refractivity contribution in [2.75, 3.05) is 32.6 Å². The fraction of sp³-hybridized carbons (Fsp3) is 0.467. The number of anilines is 1. The number of benzene rings is 1. The minimum absolute atomic E-state index is 0.214. The van der Waals surface area contributed by atoms with Crippen LogP contribution in [0.2, 0.25) is 0 Å². The highest BCUT2D eigenvalue weighted by Crippen LogP contribution is 2.37. The molecular weight excluding hydrogens is 368 g/mol. The molecule has 126 valence electrons. The van der Waals surface area contributed by atoms with Crippen LogP contribution in [0.3, 0.4) is 0 Å². The van der Waals surface area contributed by atoms with Gasteiger partial charge in [0.1, 0.15) is 16.0 Å². The number of carboxylic acids is 1. The first-order valence-corrected chi connectivity index (χ1v) is 7.95. The average molecular weight is 387 g/mol. The van der Waals surface area contributed by atoms with E-state index in [2.05, 4.69) is 21.2 Å². The van der Waals surface area contributed by atoms with E-state index in [9.17, 15) is 9.59 Å². The molecule has 1 saturated heterocycles. The van der Waals surface area contributed by atoms with Gasteiger partial charge in [-0.1, -0.05) is 0 Å². The van der Waals surface area contributed by atoms with Crippen molar-refractivity contribution in [2.45, 2.75) is 12.8 Å². The summed E-state index contributed by atoms with van der Waals surface area (Å²) >= 11 is 3.36. The van der Waals surface area contributed by atoms with Gasteiger partial charge in [0.25, 0.3) is 0 Å².